The van der Waals surface area contributed by atoms with E-state index in [2.05, 4.69) is 52.8 Å². The molecule has 0 saturated heterocycles. The lowest BCUT2D eigenvalue weighted by atomic mass is 9.94. The molecule has 1 nitrogen and oxygen atoms in total. The highest BCUT2D eigenvalue weighted by Gasteiger charge is 2.07. The van der Waals surface area contributed by atoms with Gasteiger partial charge in [-0.3, -0.25) is 0 Å². The average Bonchev–Trinajstić information content (AvgIpc) is 2.33. The van der Waals surface area contributed by atoms with Gasteiger partial charge in [0, 0.05) is 0 Å². The fourth-order valence-electron chi connectivity index (χ4n) is 2.13. The maximum atomic E-state index is 5.79. The molecule has 0 aromatic heterocycles. The molecule has 1 atom stereocenters. The summed E-state index contributed by atoms with van der Waals surface area (Å²) in [6.07, 6.45) is 3.30. The smallest absolute Gasteiger partial charge is 0.119 e. The zero-order valence-electron chi connectivity index (χ0n) is 12.3. The predicted octanol–water partition coefficient (Wildman–Crippen LogP) is 5.14. The first-order chi connectivity index (χ1) is 8.54. The SMILES string of the molecule is [CH2]CC(C)c1ccc(OCCCC(C)C)cc1C. The molecule has 1 rings (SSSR count). The van der Waals surface area contributed by atoms with Crippen molar-refractivity contribution in [3.8, 4) is 5.75 Å². The quantitative estimate of drug-likeness (QED) is 0.606. The standard InChI is InChI=1S/C17H27O/c1-6-14(4)17-10-9-16(12-15(17)5)18-11-7-8-13(2)3/h9-10,12-14H,1,6-8,11H2,2-5H3. The van der Waals surface area contributed by atoms with E-state index in [-0.39, 0.29) is 0 Å². The molecule has 1 radical (unpaired) electrons. The third-order valence-corrected chi connectivity index (χ3v) is 3.40. The molecule has 0 heterocycles. The second-order valence-corrected chi connectivity index (χ2v) is 5.59. The lowest BCUT2D eigenvalue weighted by Gasteiger charge is -2.14. The molecule has 18 heavy (non-hydrogen) atoms. The Balaban J connectivity index is 2.51. The number of ether oxygens (including phenoxy) is 1. The average molecular weight is 247 g/mol. The van der Waals surface area contributed by atoms with Gasteiger partial charge in [-0.05, 0) is 61.3 Å². The van der Waals surface area contributed by atoms with Crippen LogP contribution in [-0.4, -0.2) is 6.61 Å². The Labute approximate surface area is 113 Å². The van der Waals surface area contributed by atoms with Gasteiger partial charge in [0.15, 0.2) is 0 Å². The molecule has 0 amide bonds. The Morgan fingerprint density at radius 2 is 1.94 bits per heavy atom. The van der Waals surface area contributed by atoms with Crippen molar-refractivity contribution in [1.82, 2.24) is 0 Å². The molecular weight excluding hydrogens is 220 g/mol. The summed E-state index contributed by atoms with van der Waals surface area (Å²) in [6, 6.07) is 6.42. The van der Waals surface area contributed by atoms with Crippen molar-refractivity contribution in [2.75, 3.05) is 6.61 Å². The van der Waals surface area contributed by atoms with Crippen LogP contribution in [0.5, 0.6) is 5.75 Å². The number of hydrogen-bond acceptors (Lipinski definition) is 1. The van der Waals surface area contributed by atoms with Gasteiger partial charge < -0.3 is 4.74 Å². The van der Waals surface area contributed by atoms with Gasteiger partial charge in [-0.2, -0.15) is 0 Å². The minimum absolute atomic E-state index is 0.528. The normalized spacial score (nSPS) is 12.8. The third kappa shape index (κ3) is 4.72. The summed E-state index contributed by atoms with van der Waals surface area (Å²) < 4.78 is 5.79. The lowest BCUT2D eigenvalue weighted by molar-refractivity contribution is 0.297. The topological polar surface area (TPSA) is 9.23 Å². The minimum atomic E-state index is 0.528. The van der Waals surface area contributed by atoms with Crippen LogP contribution in [0.3, 0.4) is 0 Å². The second kappa shape index (κ2) is 7.45. The summed E-state index contributed by atoms with van der Waals surface area (Å²) in [7, 11) is 0. The van der Waals surface area contributed by atoms with Crippen molar-refractivity contribution in [2.45, 2.75) is 52.9 Å². The van der Waals surface area contributed by atoms with Crippen LogP contribution >= 0.6 is 0 Å². The predicted molar refractivity (Wildman–Crippen MR) is 79.1 cm³/mol. The molecule has 0 fully saturated rings. The van der Waals surface area contributed by atoms with Crippen LogP contribution in [0.4, 0.5) is 0 Å². The molecule has 0 spiro atoms. The first-order valence-electron chi connectivity index (χ1n) is 7.07. The number of benzene rings is 1. The Bertz CT molecular complexity index is 355. The van der Waals surface area contributed by atoms with E-state index in [4.69, 9.17) is 4.74 Å². The van der Waals surface area contributed by atoms with Gasteiger partial charge in [0.05, 0.1) is 6.61 Å². The van der Waals surface area contributed by atoms with Crippen molar-refractivity contribution in [3.05, 3.63) is 36.2 Å². The summed E-state index contributed by atoms with van der Waals surface area (Å²) in [5.74, 6) is 2.28. The summed E-state index contributed by atoms with van der Waals surface area (Å²) >= 11 is 0. The van der Waals surface area contributed by atoms with E-state index in [1.807, 2.05) is 0 Å². The Morgan fingerprint density at radius 1 is 1.22 bits per heavy atom. The van der Waals surface area contributed by atoms with Gasteiger partial charge in [0.1, 0.15) is 5.75 Å². The van der Waals surface area contributed by atoms with Gasteiger partial charge in [-0.15, -0.1) is 0 Å². The summed E-state index contributed by atoms with van der Waals surface area (Å²) in [5.41, 5.74) is 2.70. The van der Waals surface area contributed by atoms with Crippen LogP contribution < -0.4 is 4.74 Å². The zero-order valence-corrected chi connectivity index (χ0v) is 12.3. The van der Waals surface area contributed by atoms with Crippen LogP contribution in [-0.2, 0) is 0 Å². The van der Waals surface area contributed by atoms with Crippen LogP contribution in [0.15, 0.2) is 18.2 Å². The van der Waals surface area contributed by atoms with E-state index in [0.717, 1.165) is 31.1 Å². The molecule has 0 N–H and O–H groups in total. The van der Waals surface area contributed by atoms with E-state index in [0.29, 0.717) is 5.92 Å². The van der Waals surface area contributed by atoms with Crippen molar-refractivity contribution in [2.24, 2.45) is 5.92 Å². The fourth-order valence-corrected chi connectivity index (χ4v) is 2.13. The molecule has 1 heteroatoms. The van der Waals surface area contributed by atoms with E-state index in [1.165, 1.54) is 17.5 Å². The molecule has 0 saturated carbocycles. The van der Waals surface area contributed by atoms with E-state index in [9.17, 15) is 0 Å². The van der Waals surface area contributed by atoms with Gasteiger partial charge in [0.25, 0.3) is 0 Å². The second-order valence-electron chi connectivity index (χ2n) is 5.59. The summed E-state index contributed by atoms with van der Waals surface area (Å²) in [4.78, 5) is 0. The van der Waals surface area contributed by atoms with Crippen LogP contribution in [0.1, 0.15) is 57.1 Å². The molecule has 101 valence electrons. The third-order valence-electron chi connectivity index (χ3n) is 3.40. The Hall–Kier alpha value is -0.980. The zero-order chi connectivity index (χ0) is 13.5. The molecule has 0 aliphatic heterocycles. The molecule has 1 aromatic carbocycles. The van der Waals surface area contributed by atoms with Crippen molar-refractivity contribution < 1.29 is 4.74 Å². The molecule has 0 aliphatic rings. The molecule has 1 unspecified atom stereocenters. The number of aryl methyl sites for hydroxylation is 1. The van der Waals surface area contributed by atoms with E-state index >= 15 is 0 Å². The van der Waals surface area contributed by atoms with Gasteiger partial charge >= 0.3 is 0 Å². The van der Waals surface area contributed by atoms with Crippen LogP contribution in [0.2, 0.25) is 0 Å². The van der Waals surface area contributed by atoms with E-state index < -0.39 is 0 Å². The maximum absolute atomic E-state index is 5.79. The Morgan fingerprint density at radius 3 is 2.50 bits per heavy atom. The first kappa shape index (κ1) is 15.1. The highest BCUT2D eigenvalue weighted by molar-refractivity contribution is 5.36. The van der Waals surface area contributed by atoms with Gasteiger partial charge in [0.2, 0.25) is 0 Å². The number of rotatable bonds is 7. The lowest BCUT2D eigenvalue weighted by Crippen LogP contribution is -2.01. The molecular formula is C17H27O. The van der Waals surface area contributed by atoms with Crippen LogP contribution in [0.25, 0.3) is 0 Å². The molecule has 0 bridgehead atoms. The minimum Gasteiger partial charge on any atom is -0.494 e. The van der Waals surface area contributed by atoms with Gasteiger partial charge in [-0.1, -0.05) is 33.8 Å². The highest BCUT2D eigenvalue weighted by atomic mass is 16.5. The van der Waals surface area contributed by atoms with Crippen molar-refractivity contribution in [1.29, 1.82) is 0 Å². The summed E-state index contributed by atoms with van der Waals surface area (Å²) in [6.45, 7) is 13.7. The first-order valence-corrected chi connectivity index (χ1v) is 7.07. The van der Waals surface area contributed by atoms with Gasteiger partial charge in [-0.25, -0.2) is 0 Å². The van der Waals surface area contributed by atoms with Crippen molar-refractivity contribution in [3.63, 3.8) is 0 Å². The highest BCUT2D eigenvalue weighted by Crippen LogP contribution is 2.25. The largest absolute Gasteiger partial charge is 0.494 e. The van der Waals surface area contributed by atoms with Crippen LogP contribution in [0, 0.1) is 19.8 Å². The molecule has 0 aliphatic carbocycles. The number of hydrogen-bond donors (Lipinski definition) is 0. The fraction of sp³-hybridized carbons (Fsp3) is 0.588. The van der Waals surface area contributed by atoms with E-state index in [1.54, 1.807) is 0 Å². The Kier molecular flexibility index (Phi) is 6.24. The maximum Gasteiger partial charge on any atom is 0.119 e. The monoisotopic (exact) mass is 247 g/mol. The van der Waals surface area contributed by atoms with Crippen molar-refractivity contribution >= 4 is 0 Å². The molecule has 1 aromatic rings. The summed E-state index contributed by atoms with van der Waals surface area (Å²) in [5, 5.41) is 0.